The summed E-state index contributed by atoms with van der Waals surface area (Å²) < 4.78 is 17.1. The summed E-state index contributed by atoms with van der Waals surface area (Å²) in [6.45, 7) is 0.611. The Morgan fingerprint density at radius 3 is 2.71 bits per heavy atom. The van der Waals surface area contributed by atoms with E-state index in [0.29, 0.717) is 18.8 Å². The maximum atomic E-state index is 12.1. The van der Waals surface area contributed by atoms with Crippen LogP contribution in [0, 0.1) is 11.3 Å². The molecule has 0 N–H and O–H groups in total. The molecule has 1 aromatic carbocycles. The van der Waals surface area contributed by atoms with Crippen LogP contribution < -0.4 is 0 Å². The summed E-state index contributed by atoms with van der Waals surface area (Å²) in [5, 5.41) is 8.63. The fraction of sp³-hybridized carbons (Fsp3) is 0.462. The quantitative estimate of drug-likeness (QED) is 0.699. The molecular formula is C13H17NO2S. The monoisotopic (exact) mass is 251 g/mol. The molecule has 0 aliphatic rings. The maximum Gasteiger partial charge on any atom is 0.0726 e. The summed E-state index contributed by atoms with van der Waals surface area (Å²) in [7, 11) is 0.619. The minimum Gasteiger partial charge on any atom is -0.385 e. The highest BCUT2D eigenvalue weighted by atomic mass is 32.2. The van der Waals surface area contributed by atoms with Gasteiger partial charge in [-0.25, -0.2) is 0 Å². The third kappa shape index (κ3) is 4.68. The lowest BCUT2D eigenvalue weighted by molar-refractivity contribution is 0.200. The number of hydrogen-bond acceptors (Lipinski definition) is 3. The topological polar surface area (TPSA) is 50.1 Å². The van der Waals surface area contributed by atoms with Crippen molar-refractivity contribution in [3.8, 4) is 6.07 Å². The molecular weight excluding hydrogens is 234 g/mol. The number of methoxy groups -OCH3 is 1. The van der Waals surface area contributed by atoms with Crippen LogP contribution in [0.4, 0.5) is 0 Å². The van der Waals surface area contributed by atoms with Crippen LogP contribution in [0.3, 0.4) is 0 Å². The van der Waals surface area contributed by atoms with Crippen molar-refractivity contribution in [1.29, 1.82) is 5.26 Å². The van der Waals surface area contributed by atoms with E-state index < -0.39 is 10.8 Å². The first-order chi connectivity index (χ1) is 8.29. The van der Waals surface area contributed by atoms with E-state index in [0.717, 1.165) is 12.0 Å². The van der Waals surface area contributed by atoms with E-state index in [2.05, 4.69) is 6.07 Å². The summed E-state index contributed by atoms with van der Waals surface area (Å²) in [6, 6.07) is 11.7. The molecule has 3 nitrogen and oxygen atoms in total. The van der Waals surface area contributed by atoms with Gasteiger partial charge in [0.05, 0.1) is 17.7 Å². The Labute approximate surface area is 105 Å². The van der Waals surface area contributed by atoms with Gasteiger partial charge in [0.2, 0.25) is 0 Å². The predicted octanol–water partition coefficient (Wildman–Crippen LogP) is 2.43. The van der Waals surface area contributed by atoms with E-state index in [-0.39, 0.29) is 5.25 Å². The summed E-state index contributed by atoms with van der Waals surface area (Å²) in [6.07, 6.45) is 1.06. The molecule has 0 fully saturated rings. The van der Waals surface area contributed by atoms with E-state index in [9.17, 15) is 4.21 Å². The number of nitrogens with zero attached hydrogens (tertiary/aromatic N) is 1. The minimum absolute atomic E-state index is 0.182. The van der Waals surface area contributed by atoms with Crippen molar-refractivity contribution < 1.29 is 8.95 Å². The standard InChI is InChI=1S/C13H17NO2S/c1-16-10-5-11-17(15)13(8-9-14)12-6-3-2-4-7-12/h2-4,6-7,13H,5,8,10-11H2,1H3. The largest absolute Gasteiger partial charge is 0.385 e. The highest BCUT2D eigenvalue weighted by molar-refractivity contribution is 7.85. The third-order valence-corrected chi connectivity index (χ3v) is 4.22. The number of benzene rings is 1. The highest BCUT2D eigenvalue weighted by Crippen LogP contribution is 2.23. The SMILES string of the molecule is COCCCS(=O)C(CC#N)c1ccccc1. The number of ether oxygens (including phenoxy) is 1. The lowest BCUT2D eigenvalue weighted by Crippen LogP contribution is -2.11. The van der Waals surface area contributed by atoms with Crippen LogP contribution in [-0.4, -0.2) is 23.7 Å². The summed E-state index contributed by atoms with van der Waals surface area (Å²) >= 11 is 0. The van der Waals surface area contributed by atoms with Gasteiger partial charge in [-0.1, -0.05) is 30.3 Å². The Kier molecular flexibility index (Phi) is 6.53. The fourth-order valence-corrected chi connectivity index (χ4v) is 3.01. The Balaban J connectivity index is 2.66. The average molecular weight is 251 g/mol. The van der Waals surface area contributed by atoms with Crippen molar-refractivity contribution in [2.75, 3.05) is 19.5 Å². The van der Waals surface area contributed by atoms with Crippen molar-refractivity contribution in [3.05, 3.63) is 35.9 Å². The number of rotatable bonds is 7. The van der Waals surface area contributed by atoms with Gasteiger partial charge in [0.15, 0.2) is 0 Å². The zero-order valence-electron chi connectivity index (χ0n) is 9.96. The van der Waals surface area contributed by atoms with E-state index in [4.69, 9.17) is 10.00 Å². The second-order valence-corrected chi connectivity index (χ2v) is 5.43. The number of hydrogen-bond donors (Lipinski definition) is 0. The maximum absolute atomic E-state index is 12.1. The molecule has 0 heterocycles. The molecule has 0 aliphatic carbocycles. The van der Waals surface area contributed by atoms with E-state index in [1.54, 1.807) is 7.11 Å². The normalized spacial score (nSPS) is 13.9. The average Bonchev–Trinajstić information content (AvgIpc) is 2.37. The van der Waals surface area contributed by atoms with Gasteiger partial charge in [0.25, 0.3) is 0 Å². The van der Waals surface area contributed by atoms with Crippen LogP contribution >= 0.6 is 0 Å². The molecule has 0 amide bonds. The molecule has 0 aliphatic heterocycles. The molecule has 1 aromatic rings. The molecule has 0 saturated heterocycles. The second-order valence-electron chi connectivity index (χ2n) is 3.69. The lowest BCUT2D eigenvalue weighted by atomic mass is 10.1. The molecule has 0 bridgehead atoms. The Hall–Kier alpha value is -1.18. The molecule has 92 valence electrons. The van der Waals surface area contributed by atoms with Crippen molar-refractivity contribution in [1.82, 2.24) is 0 Å². The Morgan fingerprint density at radius 2 is 2.12 bits per heavy atom. The molecule has 0 radical (unpaired) electrons. The summed E-state index contributed by atoms with van der Waals surface area (Å²) in [5.74, 6) is 0.578. The second kappa shape index (κ2) is 7.99. The van der Waals surface area contributed by atoms with Crippen LogP contribution in [-0.2, 0) is 15.5 Å². The van der Waals surface area contributed by atoms with E-state index in [1.807, 2.05) is 30.3 Å². The zero-order chi connectivity index (χ0) is 12.5. The van der Waals surface area contributed by atoms with Crippen molar-refractivity contribution in [2.24, 2.45) is 0 Å². The van der Waals surface area contributed by atoms with Gasteiger partial charge in [-0.3, -0.25) is 4.21 Å². The van der Waals surface area contributed by atoms with Gasteiger partial charge in [0, 0.05) is 30.3 Å². The smallest absolute Gasteiger partial charge is 0.0726 e. The van der Waals surface area contributed by atoms with Gasteiger partial charge >= 0.3 is 0 Å². The molecule has 2 unspecified atom stereocenters. The minimum atomic E-state index is -1.01. The van der Waals surface area contributed by atoms with Crippen molar-refractivity contribution in [2.45, 2.75) is 18.1 Å². The molecule has 17 heavy (non-hydrogen) atoms. The van der Waals surface area contributed by atoms with Gasteiger partial charge in [-0.15, -0.1) is 0 Å². The lowest BCUT2D eigenvalue weighted by Gasteiger charge is -2.13. The number of nitriles is 1. The van der Waals surface area contributed by atoms with Crippen molar-refractivity contribution in [3.63, 3.8) is 0 Å². The highest BCUT2D eigenvalue weighted by Gasteiger charge is 2.17. The zero-order valence-corrected chi connectivity index (χ0v) is 10.8. The predicted molar refractivity (Wildman–Crippen MR) is 68.9 cm³/mol. The first kappa shape index (κ1) is 13.9. The van der Waals surface area contributed by atoms with Crippen molar-refractivity contribution >= 4 is 10.8 Å². The van der Waals surface area contributed by atoms with Crippen LogP contribution in [0.2, 0.25) is 0 Å². The molecule has 1 rings (SSSR count). The Bertz CT molecular complexity index is 386. The molecule has 2 atom stereocenters. The fourth-order valence-electron chi connectivity index (χ4n) is 1.60. The molecule has 4 heteroatoms. The van der Waals surface area contributed by atoms with Crippen LogP contribution in [0.1, 0.15) is 23.7 Å². The first-order valence-corrected chi connectivity index (χ1v) is 6.95. The van der Waals surface area contributed by atoms with Crippen LogP contribution in [0.25, 0.3) is 0 Å². The van der Waals surface area contributed by atoms with Gasteiger partial charge in [-0.2, -0.15) is 5.26 Å². The summed E-state index contributed by atoms with van der Waals surface area (Å²) in [4.78, 5) is 0. The summed E-state index contributed by atoms with van der Waals surface area (Å²) in [5.41, 5.74) is 0.977. The molecule has 0 spiro atoms. The third-order valence-electron chi connectivity index (χ3n) is 2.46. The Morgan fingerprint density at radius 1 is 1.41 bits per heavy atom. The van der Waals surface area contributed by atoms with E-state index >= 15 is 0 Å². The van der Waals surface area contributed by atoms with Gasteiger partial charge in [-0.05, 0) is 12.0 Å². The first-order valence-electron chi connectivity index (χ1n) is 5.57. The molecule has 0 aromatic heterocycles. The van der Waals surface area contributed by atoms with Gasteiger partial charge in [0.1, 0.15) is 0 Å². The molecule has 0 saturated carbocycles. The van der Waals surface area contributed by atoms with Crippen LogP contribution in [0.5, 0.6) is 0 Å². The van der Waals surface area contributed by atoms with Crippen LogP contribution in [0.15, 0.2) is 30.3 Å². The van der Waals surface area contributed by atoms with Gasteiger partial charge < -0.3 is 4.74 Å². The van der Waals surface area contributed by atoms with E-state index in [1.165, 1.54) is 0 Å².